The van der Waals surface area contributed by atoms with Gasteiger partial charge in [0, 0.05) is 32.0 Å². The molecule has 0 spiro atoms. The number of fused-ring (bicyclic) bond motifs is 7. The van der Waals surface area contributed by atoms with Gasteiger partial charge in [0.05, 0.1) is 11.4 Å². The van der Waals surface area contributed by atoms with Gasteiger partial charge in [0.2, 0.25) is 11.8 Å². The van der Waals surface area contributed by atoms with E-state index in [1.807, 2.05) is 48.5 Å². The molecule has 0 fully saturated rings. The van der Waals surface area contributed by atoms with Gasteiger partial charge >= 0.3 is 0 Å². The molecule has 0 radical (unpaired) electrons. The number of para-hydroxylation sites is 4. The zero-order chi connectivity index (χ0) is 31.3. The number of benzene rings is 6. The molecule has 6 heteroatoms. The molecule has 1 aliphatic carbocycles. The molecule has 6 aromatic carbocycles. The average Bonchev–Trinajstić information content (AvgIpc) is 3.80. The first kappa shape index (κ1) is 26.6. The van der Waals surface area contributed by atoms with Gasteiger partial charge in [-0.3, -0.25) is 0 Å². The van der Waals surface area contributed by atoms with Gasteiger partial charge in [-0.2, -0.15) is 0 Å². The van der Waals surface area contributed by atoms with Crippen molar-refractivity contribution < 1.29 is 8.83 Å². The van der Waals surface area contributed by atoms with E-state index in [2.05, 4.69) is 97.6 Å². The van der Waals surface area contributed by atoms with Crippen molar-refractivity contribution in [3.8, 4) is 34.0 Å². The average molecular weight is 626 g/mol. The first-order valence-corrected chi connectivity index (χ1v) is 16.6. The van der Waals surface area contributed by atoms with Crippen molar-refractivity contribution in [1.82, 2.24) is 9.97 Å². The van der Waals surface area contributed by atoms with E-state index in [0.717, 1.165) is 60.2 Å². The molecule has 0 unspecified atom stereocenters. The van der Waals surface area contributed by atoms with E-state index in [9.17, 15) is 0 Å². The van der Waals surface area contributed by atoms with Gasteiger partial charge in [0.25, 0.3) is 0 Å². The normalized spacial score (nSPS) is 14.2. The van der Waals surface area contributed by atoms with Crippen LogP contribution in [0.2, 0.25) is 0 Å². The van der Waals surface area contributed by atoms with Crippen molar-refractivity contribution in [2.75, 3.05) is 4.90 Å². The van der Waals surface area contributed by atoms with E-state index >= 15 is 0 Å². The number of hydrogen-bond donors (Lipinski definition) is 0. The topological polar surface area (TPSA) is 55.3 Å². The Morgan fingerprint density at radius 3 is 1.72 bits per heavy atom. The lowest BCUT2D eigenvalue weighted by molar-refractivity contribution is 0.619. The Hall–Kier alpha value is -5.59. The number of oxazole rings is 2. The summed E-state index contributed by atoms with van der Waals surface area (Å²) in [6.07, 6.45) is 0. The van der Waals surface area contributed by atoms with Gasteiger partial charge in [-0.05, 0) is 95.1 Å². The van der Waals surface area contributed by atoms with Gasteiger partial charge in [0.15, 0.2) is 11.2 Å². The molecule has 47 heavy (non-hydrogen) atoms. The van der Waals surface area contributed by atoms with Crippen LogP contribution in [0.15, 0.2) is 146 Å². The lowest BCUT2D eigenvalue weighted by Crippen LogP contribution is -2.18. The molecule has 2 aromatic heterocycles. The van der Waals surface area contributed by atoms with Crippen molar-refractivity contribution in [2.24, 2.45) is 0 Å². The van der Waals surface area contributed by atoms with Crippen LogP contribution in [0.1, 0.15) is 25.0 Å². The zero-order valence-electron chi connectivity index (χ0n) is 25.7. The van der Waals surface area contributed by atoms with E-state index in [1.165, 1.54) is 22.3 Å². The minimum Gasteiger partial charge on any atom is -0.436 e. The van der Waals surface area contributed by atoms with Crippen LogP contribution in [0.25, 0.3) is 56.2 Å². The summed E-state index contributed by atoms with van der Waals surface area (Å²) in [6, 6.07) is 44.5. The minimum absolute atomic E-state index is 0.105. The molecule has 8 aromatic rings. The van der Waals surface area contributed by atoms with Crippen LogP contribution >= 0.6 is 11.8 Å². The third-order valence-electron chi connectivity index (χ3n) is 9.53. The third kappa shape index (κ3) is 3.98. The summed E-state index contributed by atoms with van der Waals surface area (Å²) in [7, 11) is 0. The van der Waals surface area contributed by atoms with Crippen LogP contribution in [0.4, 0.5) is 17.1 Å². The van der Waals surface area contributed by atoms with Crippen molar-refractivity contribution in [3.63, 3.8) is 0 Å². The Morgan fingerprint density at radius 2 is 1.11 bits per heavy atom. The van der Waals surface area contributed by atoms with Crippen LogP contribution in [-0.2, 0) is 5.41 Å². The quantitative estimate of drug-likeness (QED) is 0.195. The number of rotatable bonds is 3. The smallest absolute Gasteiger partial charge is 0.227 e. The maximum absolute atomic E-state index is 6.18. The number of hydrogen-bond acceptors (Lipinski definition) is 6. The Bertz CT molecular complexity index is 2370. The Balaban J connectivity index is 1.14. The molecule has 0 N–H and O–H groups in total. The Morgan fingerprint density at radius 1 is 0.553 bits per heavy atom. The summed E-state index contributed by atoms with van der Waals surface area (Å²) >= 11 is 1.75. The number of nitrogens with zero attached hydrogens (tertiary/aromatic N) is 3. The first-order valence-electron chi connectivity index (χ1n) is 15.7. The Kier molecular flexibility index (Phi) is 5.50. The van der Waals surface area contributed by atoms with Crippen molar-refractivity contribution >= 4 is 51.0 Å². The summed E-state index contributed by atoms with van der Waals surface area (Å²) < 4.78 is 12.4. The van der Waals surface area contributed by atoms with Crippen LogP contribution in [0.5, 0.6) is 0 Å². The van der Waals surface area contributed by atoms with E-state index in [1.54, 1.807) is 11.8 Å². The molecule has 0 saturated carbocycles. The molecule has 5 nitrogen and oxygen atoms in total. The molecule has 0 bridgehead atoms. The molecular weight excluding hydrogens is 599 g/mol. The van der Waals surface area contributed by atoms with E-state index < -0.39 is 0 Å². The second-order valence-corrected chi connectivity index (χ2v) is 13.8. The van der Waals surface area contributed by atoms with E-state index in [0.29, 0.717) is 11.8 Å². The SMILES string of the molecule is CC1(C)c2ccccc2-c2ccc(N3c4ccc(-c5nc6ccccc6o5)cc4Sc4cc(-c5nc6ccccc6o5)ccc43)cc21. The van der Waals surface area contributed by atoms with Crippen LogP contribution < -0.4 is 4.90 Å². The lowest BCUT2D eigenvalue weighted by atomic mass is 9.82. The highest BCUT2D eigenvalue weighted by atomic mass is 32.2. The van der Waals surface area contributed by atoms with Crippen molar-refractivity contribution in [1.29, 1.82) is 0 Å². The summed E-state index contributed by atoms with van der Waals surface area (Å²) in [5.74, 6) is 1.23. The highest BCUT2D eigenvalue weighted by Gasteiger charge is 2.36. The Labute approximate surface area is 275 Å². The van der Waals surface area contributed by atoms with E-state index in [-0.39, 0.29) is 5.41 Å². The highest BCUT2D eigenvalue weighted by Crippen LogP contribution is 2.55. The van der Waals surface area contributed by atoms with Gasteiger partial charge in [-0.1, -0.05) is 80.2 Å². The minimum atomic E-state index is -0.105. The molecule has 10 rings (SSSR count). The number of aromatic nitrogens is 2. The fourth-order valence-electron chi connectivity index (χ4n) is 7.18. The molecule has 1 aliphatic heterocycles. The fourth-order valence-corrected chi connectivity index (χ4v) is 8.31. The largest absolute Gasteiger partial charge is 0.436 e. The van der Waals surface area contributed by atoms with E-state index in [4.69, 9.17) is 18.8 Å². The zero-order valence-corrected chi connectivity index (χ0v) is 26.5. The summed E-state index contributed by atoms with van der Waals surface area (Å²) in [5, 5.41) is 0. The third-order valence-corrected chi connectivity index (χ3v) is 10.6. The van der Waals surface area contributed by atoms with Gasteiger partial charge in [-0.15, -0.1) is 0 Å². The van der Waals surface area contributed by atoms with Gasteiger partial charge in [-0.25, -0.2) is 9.97 Å². The lowest BCUT2D eigenvalue weighted by Gasteiger charge is -2.34. The molecule has 224 valence electrons. The maximum atomic E-state index is 6.18. The predicted octanol–water partition coefficient (Wildman–Crippen LogP) is 11.5. The summed E-state index contributed by atoms with van der Waals surface area (Å²) in [4.78, 5) is 14.2. The monoisotopic (exact) mass is 625 g/mol. The first-order chi connectivity index (χ1) is 23.0. The van der Waals surface area contributed by atoms with Gasteiger partial charge < -0.3 is 13.7 Å². The molecule has 0 saturated heterocycles. The van der Waals surface area contributed by atoms with Crippen LogP contribution in [0.3, 0.4) is 0 Å². The number of anilines is 3. The summed E-state index contributed by atoms with van der Waals surface area (Å²) in [5.41, 5.74) is 13.7. The standard InChI is InChI=1S/C41H27N3O2S/c1-41(2)29-10-4-3-9-27(29)28-18-17-26(23-30(28)41)44-33-19-15-24(39-42-31-11-5-7-13-35(31)45-39)21-37(33)47-38-22-25(16-20-34(38)44)40-43-32-12-6-8-14-36(32)46-40/h3-23H,1-2H3. The maximum Gasteiger partial charge on any atom is 0.227 e. The highest BCUT2D eigenvalue weighted by molar-refractivity contribution is 7.99. The second-order valence-electron chi connectivity index (χ2n) is 12.7. The van der Waals surface area contributed by atoms with Crippen molar-refractivity contribution in [2.45, 2.75) is 29.1 Å². The molecule has 2 aliphatic rings. The predicted molar refractivity (Wildman–Crippen MR) is 189 cm³/mol. The van der Waals surface area contributed by atoms with Crippen molar-refractivity contribution in [3.05, 3.63) is 139 Å². The molecule has 0 atom stereocenters. The van der Waals surface area contributed by atoms with Crippen LogP contribution in [0, 0.1) is 0 Å². The van der Waals surface area contributed by atoms with Crippen LogP contribution in [-0.4, -0.2) is 9.97 Å². The second kappa shape index (κ2) is 9.71. The molecule has 3 heterocycles. The molecular formula is C41H27N3O2S. The van der Waals surface area contributed by atoms with Gasteiger partial charge in [0.1, 0.15) is 11.0 Å². The summed E-state index contributed by atoms with van der Waals surface area (Å²) in [6.45, 7) is 4.66. The molecule has 0 amide bonds. The fraction of sp³-hybridized carbons (Fsp3) is 0.0732.